The Balaban J connectivity index is 0.00000137. The van der Waals surface area contributed by atoms with Crippen LogP contribution in [0.3, 0.4) is 0 Å². The van der Waals surface area contributed by atoms with Gasteiger partial charge in [0.05, 0.1) is 0 Å². The first kappa shape index (κ1) is 16.4. The maximum Gasteiger partial charge on any atom is 0.267 e. The van der Waals surface area contributed by atoms with Gasteiger partial charge in [0.1, 0.15) is 17.8 Å². The highest BCUT2D eigenvalue weighted by atomic mass is 16.1. The second-order valence-corrected chi connectivity index (χ2v) is 4.12. The Kier molecular flexibility index (Phi) is 8.53. The molecule has 102 valence electrons. The Morgan fingerprint density at radius 2 is 2.06 bits per heavy atom. The van der Waals surface area contributed by atoms with Crippen LogP contribution in [0.4, 0.5) is 5.82 Å². The van der Waals surface area contributed by atoms with Crippen LogP contribution in [0.2, 0.25) is 0 Å². The normalized spacial score (nSPS) is 9.61. The SMILES string of the molecule is CC.CC(C)CCCNc1cc(C(N)=O)ncn1. The number of aromatic nitrogens is 2. The number of carbonyl (C=O) groups excluding carboxylic acids is 1. The summed E-state index contributed by atoms with van der Waals surface area (Å²) in [6, 6.07) is 1.57. The van der Waals surface area contributed by atoms with Crippen molar-refractivity contribution in [2.75, 3.05) is 11.9 Å². The van der Waals surface area contributed by atoms with E-state index in [0.29, 0.717) is 11.7 Å². The molecule has 5 nitrogen and oxygen atoms in total. The predicted molar refractivity (Wildman–Crippen MR) is 74.5 cm³/mol. The van der Waals surface area contributed by atoms with Crippen molar-refractivity contribution < 1.29 is 4.79 Å². The summed E-state index contributed by atoms with van der Waals surface area (Å²) < 4.78 is 0. The first-order chi connectivity index (χ1) is 8.59. The van der Waals surface area contributed by atoms with E-state index in [-0.39, 0.29) is 5.69 Å². The van der Waals surface area contributed by atoms with Crippen LogP contribution in [-0.2, 0) is 0 Å². The number of hydrogen-bond donors (Lipinski definition) is 2. The highest BCUT2D eigenvalue weighted by Gasteiger charge is 2.03. The molecule has 0 bridgehead atoms. The first-order valence-electron chi connectivity index (χ1n) is 6.45. The van der Waals surface area contributed by atoms with E-state index in [2.05, 4.69) is 29.1 Å². The summed E-state index contributed by atoms with van der Waals surface area (Å²) in [6.45, 7) is 9.22. The summed E-state index contributed by atoms with van der Waals surface area (Å²) in [4.78, 5) is 18.7. The van der Waals surface area contributed by atoms with Gasteiger partial charge in [0.15, 0.2) is 0 Å². The Morgan fingerprint density at radius 1 is 1.39 bits per heavy atom. The number of rotatable bonds is 6. The minimum atomic E-state index is -0.535. The third-order valence-corrected chi connectivity index (χ3v) is 2.18. The molecule has 0 fully saturated rings. The summed E-state index contributed by atoms with van der Waals surface area (Å²) in [5, 5.41) is 3.14. The summed E-state index contributed by atoms with van der Waals surface area (Å²) in [5.74, 6) is 0.813. The van der Waals surface area contributed by atoms with Crippen molar-refractivity contribution in [2.45, 2.75) is 40.5 Å². The molecule has 1 amide bonds. The Hall–Kier alpha value is -1.65. The average molecular weight is 252 g/mol. The lowest BCUT2D eigenvalue weighted by Crippen LogP contribution is -2.14. The highest BCUT2D eigenvalue weighted by Crippen LogP contribution is 2.06. The van der Waals surface area contributed by atoms with Crippen LogP contribution in [0.1, 0.15) is 51.0 Å². The molecule has 0 aliphatic heterocycles. The third-order valence-electron chi connectivity index (χ3n) is 2.18. The predicted octanol–water partition coefficient (Wildman–Crippen LogP) is 2.45. The van der Waals surface area contributed by atoms with E-state index in [0.717, 1.165) is 13.0 Å². The zero-order chi connectivity index (χ0) is 14.0. The second-order valence-electron chi connectivity index (χ2n) is 4.12. The largest absolute Gasteiger partial charge is 0.370 e. The van der Waals surface area contributed by atoms with Crippen LogP contribution in [0.5, 0.6) is 0 Å². The van der Waals surface area contributed by atoms with Gasteiger partial charge in [0.25, 0.3) is 5.91 Å². The number of primary amides is 1. The van der Waals surface area contributed by atoms with Crippen molar-refractivity contribution in [2.24, 2.45) is 11.7 Å². The number of anilines is 1. The van der Waals surface area contributed by atoms with Gasteiger partial charge in [-0.1, -0.05) is 27.7 Å². The summed E-state index contributed by atoms with van der Waals surface area (Å²) in [5.41, 5.74) is 5.36. The molecule has 0 aromatic carbocycles. The summed E-state index contributed by atoms with van der Waals surface area (Å²) >= 11 is 0. The number of nitrogens with one attached hydrogen (secondary N) is 1. The minimum Gasteiger partial charge on any atom is -0.370 e. The van der Waals surface area contributed by atoms with Gasteiger partial charge in [-0.25, -0.2) is 9.97 Å². The van der Waals surface area contributed by atoms with Crippen molar-refractivity contribution in [3.05, 3.63) is 18.1 Å². The average Bonchev–Trinajstić information content (AvgIpc) is 2.37. The second kappa shape index (κ2) is 9.39. The van der Waals surface area contributed by atoms with Gasteiger partial charge in [-0.2, -0.15) is 0 Å². The van der Waals surface area contributed by atoms with Crippen LogP contribution in [0, 0.1) is 5.92 Å². The fourth-order valence-electron chi connectivity index (χ4n) is 1.32. The van der Waals surface area contributed by atoms with Gasteiger partial charge in [-0.05, 0) is 18.8 Å². The van der Waals surface area contributed by atoms with Crippen LogP contribution in [-0.4, -0.2) is 22.4 Å². The lowest BCUT2D eigenvalue weighted by molar-refractivity contribution is 0.0995. The molecule has 1 aromatic rings. The Morgan fingerprint density at radius 3 is 2.61 bits per heavy atom. The standard InChI is InChI=1S/C11H18N4O.C2H6/c1-8(2)4-3-5-13-10-6-9(11(12)16)14-7-15-10;1-2/h6-8H,3-5H2,1-2H3,(H2,12,16)(H,13,14,15);1-2H3. The molecule has 3 N–H and O–H groups in total. The van der Waals surface area contributed by atoms with Crippen molar-refractivity contribution >= 4 is 11.7 Å². The topological polar surface area (TPSA) is 80.9 Å². The maximum absolute atomic E-state index is 10.9. The minimum absolute atomic E-state index is 0.237. The van der Waals surface area contributed by atoms with Crippen molar-refractivity contribution in [3.8, 4) is 0 Å². The number of hydrogen-bond acceptors (Lipinski definition) is 4. The van der Waals surface area contributed by atoms with Crippen molar-refractivity contribution in [3.63, 3.8) is 0 Å². The maximum atomic E-state index is 10.9. The zero-order valence-electron chi connectivity index (χ0n) is 11.7. The molecule has 0 spiro atoms. The smallest absolute Gasteiger partial charge is 0.267 e. The molecular weight excluding hydrogens is 228 g/mol. The van der Waals surface area contributed by atoms with Crippen LogP contribution in [0.15, 0.2) is 12.4 Å². The van der Waals surface area contributed by atoms with E-state index in [1.807, 2.05) is 13.8 Å². The zero-order valence-corrected chi connectivity index (χ0v) is 11.7. The van der Waals surface area contributed by atoms with Gasteiger partial charge in [-0.3, -0.25) is 4.79 Å². The molecule has 1 heterocycles. The van der Waals surface area contributed by atoms with Gasteiger partial charge in [0.2, 0.25) is 0 Å². The molecule has 18 heavy (non-hydrogen) atoms. The van der Waals surface area contributed by atoms with Crippen LogP contribution >= 0.6 is 0 Å². The van der Waals surface area contributed by atoms with E-state index in [1.54, 1.807) is 6.07 Å². The number of nitrogens with two attached hydrogens (primary N) is 1. The Labute approximate surface area is 109 Å². The molecule has 0 saturated carbocycles. The number of nitrogens with zero attached hydrogens (tertiary/aromatic N) is 2. The molecule has 0 aliphatic carbocycles. The molecule has 0 saturated heterocycles. The third kappa shape index (κ3) is 6.83. The number of amides is 1. The molecule has 0 unspecified atom stereocenters. The fourth-order valence-corrected chi connectivity index (χ4v) is 1.32. The summed E-state index contributed by atoms with van der Waals surface area (Å²) in [6.07, 6.45) is 3.58. The lowest BCUT2D eigenvalue weighted by atomic mass is 10.1. The van der Waals surface area contributed by atoms with E-state index < -0.39 is 5.91 Å². The Bertz CT molecular complexity index is 353. The molecule has 1 rings (SSSR count). The quantitative estimate of drug-likeness (QED) is 0.762. The van der Waals surface area contributed by atoms with Crippen LogP contribution < -0.4 is 11.1 Å². The van der Waals surface area contributed by atoms with Gasteiger partial charge in [-0.15, -0.1) is 0 Å². The van der Waals surface area contributed by atoms with E-state index in [9.17, 15) is 4.79 Å². The van der Waals surface area contributed by atoms with Crippen molar-refractivity contribution in [1.82, 2.24) is 9.97 Å². The van der Waals surface area contributed by atoms with Crippen LogP contribution in [0.25, 0.3) is 0 Å². The van der Waals surface area contributed by atoms with Gasteiger partial charge < -0.3 is 11.1 Å². The van der Waals surface area contributed by atoms with E-state index >= 15 is 0 Å². The monoisotopic (exact) mass is 252 g/mol. The molecular formula is C13H24N4O. The fraction of sp³-hybridized carbons (Fsp3) is 0.615. The summed E-state index contributed by atoms with van der Waals surface area (Å²) in [7, 11) is 0. The van der Waals surface area contributed by atoms with E-state index in [1.165, 1.54) is 12.7 Å². The molecule has 0 aliphatic rings. The number of carbonyl (C=O) groups is 1. The van der Waals surface area contributed by atoms with Gasteiger partial charge >= 0.3 is 0 Å². The van der Waals surface area contributed by atoms with Gasteiger partial charge in [0, 0.05) is 12.6 Å². The lowest BCUT2D eigenvalue weighted by Gasteiger charge is -2.07. The highest BCUT2D eigenvalue weighted by molar-refractivity contribution is 5.91. The molecule has 5 heteroatoms. The first-order valence-corrected chi connectivity index (χ1v) is 6.45. The molecule has 1 aromatic heterocycles. The van der Waals surface area contributed by atoms with Crippen molar-refractivity contribution in [1.29, 1.82) is 0 Å². The molecule has 0 radical (unpaired) electrons. The van der Waals surface area contributed by atoms with E-state index in [4.69, 9.17) is 5.73 Å². The molecule has 0 atom stereocenters.